The van der Waals surface area contributed by atoms with Crippen LogP contribution in [0.1, 0.15) is 54.9 Å². The van der Waals surface area contributed by atoms with Crippen molar-refractivity contribution in [3.63, 3.8) is 0 Å². The first-order chi connectivity index (χ1) is 18.3. The Morgan fingerprint density at radius 2 is 1.97 bits per heavy atom. The molecule has 5 rings (SSSR count). The number of carbonyl (C=O) groups is 2. The highest BCUT2D eigenvalue weighted by atomic mass is 19.1. The number of aromatic amines is 1. The standard InChI is InChI=1S/C29H34FN5O3/c1-5-9-21-15-25(32-31-21)27(36)33-16-24(23-12-6-7-13-26(23)38-4)29(17-33)18-34(19(2)3)28(37)35(29)22-11-8-10-20(30)14-22/h6-8,10-15,19,24H,5,9,16-18H2,1-4H3,(H,31,32)/t24-,29-/m1/s1. The molecule has 1 N–H and O–H groups in total. The molecular weight excluding hydrogens is 485 g/mol. The number of carbonyl (C=O) groups excluding carboxylic acids is 2. The summed E-state index contributed by atoms with van der Waals surface area (Å²) in [4.78, 5) is 33.0. The average Bonchev–Trinajstić information content (AvgIpc) is 3.60. The number of amides is 3. The van der Waals surface area contributed by atoms with Crippen molar-refractivity contribution in [2.45, 2.75) is 51.1 Å². The van der Waals surface area contributed by atoms with Crippen LogP contribution in [-0.4, -0.2) is 70.3 Å². The second-order valence-electron chi connectivity index (χ2n) is 10.4. The third-order valence-electron chi connectivity index (χ3n) is 7.70. The third kappa shape index (κ3) is 4.29. The first kappa shape index (κ1) is 25.8. The minimum absolute atomic E-state index is 0.0797. The molecule has 2 fully saturated rings. The van der Waals surface area contributed by atoms with Crippen LogP contribution in [0.4, 0.5) is 14.9 Å². The normalized spacial score (nSPS) is 21.3. The van der Waals surface area contributed by atoms with Gasteiger partial charge in [-0.15, -0.1) is 0 Å². The lowest BCUT2D eigenvalue weighted by molar-refractivity contribution is 0.0777. The van der Waals surface area contributed by atoms with Gasteiger partial charge in [0.25, 0.3) is 5.91 Å². The predicted molar refractivity (Wildman–Crippen MR) is 143 cm³/mol. The summed E-state index contributed by atoms with van der Waals surface area (Å²) in [5, 5.41) is 7.26. The molecule has 1 aromatic heterocycles. The van der Waals surface area contributed by atoms with E-state index in [1.54, 1.807) is 40.0 Å². The van der Waals surface area contributed by atoms with Gasteiger partial charge in [0.15, 0.2) is 0 Å². The molecule has 0 aliphatic carbocycles. The number of aryl methyl sites for hydroxylation is 1. The van der Waals surface area contributed by atoms with E-state index in [0.717, 1.165) is 24.1 Å². The molecule has 2 aromatic carbocycles. The number of methoxy groups -OCH3 is 1. The second kappa shape index (κ2) is 10.1. The molecule has 2 atom stereocenters. The number of nitrogens with one attached hydrogen (secondary N) is 1. The fourth-order valence-electron chi connectivity index (χ4n) is 5.95. The zero-order valence-corrected chi connectivity index (χ0v) is 22.3. The number of urea groups is 1. The molecule has 200 valence electrons. The van der Waals surface area contributed by atoms with Gasteiger partial charge in [0.05, 0.1) is 12.6 Å². The molecule has 2 aliphatic rings. The van der Waals surface area contributed by atoms with Crippen molar-refractivity contribution in [3.8, 4) is 5.75 Å². The second-order valence-corrected chi connectivity index (χ2v) is 10.4. The minimum atomic E-state index is -0.845. The summed E-state index contributed by atoms with van der Waals surface area (Å²) in [6.45, 7) is 7.03. The van der Waals surface area contributed by atoms with E-state index in [4.69, 9.17) is 4.74 Å². The molecule has 2 aliphatic heterocycles. The van der Waals surface area contributed by atoms with Gasteiger partial charge in [0.1, 0.15) is 17.3 Å². The molecule has 3 amide bonds. The van der Waals surface area contributed by atoms with Gasteiger partial charge in [-0.05, 0) is 50.6 Å². The monoisotopic (exact) mass is 519 g/mol. The van der Waals surface area contributed by atoms with Gasteiger partial charge >= 0.3 is 6.03 Å². The molecule has 0 bridgehead atoms. The van der Waals surface area contributed by atoms with Gasteiger partial charge in [0.2, 0.25) is 0 Å². The molecular formula is C29H34FN5O3. The van der Waals surface area contributed by atoms with Crippen LogP contribution in [0.15, 0.2) is 54.6 Å². The number of ether oxygens (including phenoxy) is 1. The first-order valence-electron chi connectivity index (χ1n) is 13.1. The van der Waals surface area contributed by atoms with Gasteiger partial charge in [-0.25, -0.2) is 9.18 Å². The Morgan fingerprint density at radius 1 is 1.18 bits per heavy atom. The maximum atomic E-state index is 14.5. The van der Waals surface area contributed by atoms with E-state index in [1.165, 1.54) is 12.1 Å². The number of likely N-dealkylation sites (tertiary alicyclic amines) is 1. The van der Waals surface area contributed by atoms with Crippen LogP contribution in [0.2, 0.25) is 0 Å². The Kier molecular flexibility index (Phi) is 6.86. The molecule has 0 saturated carbocycles. The Balaban J connectivity index is 1.64. The highest BCUT2D eigenvalue weighted by Gasteiger charge is 2.61. The number of para-hydroxylation sites is 1. The molecule has 3 heterocycles. The number of H-pyrrole nitrogens is 1. The average molecular weight is 520 g/mol. The third-order valence-corrected chi connectivity index (χ3v) is 7.70. The van der Waals surface area contributed by atoms with Gasteiger partial charge in [-0.3, -0.25) is 14.8 Å². The number of nitrogens with zero attached hydrogens (tertiary/aromatic N) is 4. The van der Waals surface area contributed by atoms with Crippen molar-refractivity contribution in [2.75, 3.05) is 31.6 Å². The number of halogens is 1. The lowest BCUT2D eigenvalue weighted by Crippen LogP contribution is -2.53. The fraction of sp³-hybridized carbons (Fsp3) is 0.414. The van der Waals surface area contributed by atoms with Crippen LogP contribution >= 0.6 is 0 Å². The Labute approximate surface area is 222 Å². The summed E-state index contributed by atoms with van der Waals surface area (Å²) >= 11 is 0. The Hall–Kier alpha value is -3.88. The zero-order valence-electron chi connectivity index (χ0n) is 22.3. The Bertz CT molecular complexity index is 1340. The SMILES string of the molecule is CCCc1cc(C(=O)N2C[C@H](c3ccccc3OC)[C@@]3(C2)CN(C(C)C)C(=O)N3c2cccc(F)c2)n[nH]1. The van der Waals surface area contributed by atoms with Crippen LogP contribution in [0, 0.1) is 5.82 Å². The summed E-state index contributed by atoms with van der Waals surface area (Å²) in [6.07, 6.45) is 1.74. The first-order valence-corrected chi connectivity index (χ1v) is 13.1. The van der Waals surface area contributed by atoms with Gasteiger partial charge in [0, 0.05) is 48.5 Å². The number of aromatic nitrogens is 2. The van der Waals surface area contributed by atoms with E-state index < -0.39 is 11.4 Å². The van der Waals surface area contributed by atoms with Gasteiger partial charge in [-0.1, -0.05) is 37.6 Å². The maximum Gasteiger partial charge on any atom is 0.325 e. The molecule has 8 nitrogen and oxygen atoms in total. The van der Waals surface area contributed by atoms with E-state index in [-0.39, 0.29) is 30.4 Å². The number of hydrogen-bond donors (Lipinski definition) is 1. The van der Waals surface area contributed by atoms with Crippen LogP contribution in [-0.2, 0) is 6.42 Å². The lowest BCUT2D eigenvalue weighted by Gasteiger charge is -2.38. The molecule has 1 spiro atoms. The van der Waals surface area contributed by atoms with Crippen molar-refractivity contribution >= 4 is 17.6 Å². The fourth-order valence-corrected chi connectivity index (χ4v) is 5.95. The Morgan fingerprint density at radius 3 is 2.68 bits per heavy atom. The summed E-state index contributed by atoms with van der Waals surface area (Å²) in [7, 11) is 1.62. The van der Waals surface area contributed by atoms with Crippen molar-refractivity contribution in [1.82, 2.24) is 20.0 Å². The lowest BCUT2D eigenvalue weighted by atomic mass is 9.80. The summed E-state index contributed by atoms with van der Waals surface area (Å²) in [5.41, 5.74) is 1.79. The van der Waals surface area contributed by atoms with E-state index in [2.05, 4.69) is 17.1 Å². The molecule has 0 unspecified atom stereocenters. The number of anilines is 1. The number of benzene rings is 2. The maximum absolute atomic E-state index is 14.5. The smallest absolute Gasteiger partial charge is 0.325 e. The highest BCUT2D eigenvalue weighted by Crippen LogP contribution is 2.49. The summed E-state index contributed by atoms with van der Waals surface area (Å²) in [6, 6.07) is 15.3. The molecule has 0 radical (unpaired) electrons. The highest BCUT2D eigenvalue weighted by molar-refractivity contribution is 5.98. The van der Waals surface area contributed by atoms with Gasteiger partial charge < -0.3 is 14.5 Å². The minimum Gasteiger partial charge on any atom is -0.496 e. The van der Waals surface area contributed by atoms with Crippen LogP contribution in [0.3, 0.4) is 0 Å². The van der Waals surface area contributed by atoms with Crippen molar-refractivity contribution in [1.29, 1.82) is 0 Å². The van der Waals surface area contributed by atoms with Crippen molar-refractivity contribution in [3.05, 3.63) is 77.4 Å². The predicted octanol–water partition coefficient (Wildman–Crippen LogP) is 4.84. The molecule has 9 heteroatoms. The molecule has 3 aromatic rings. The summed E-state index contributed by atoms with van der Waals surface area (Å²) < 4.78 is 20.2. The van der Waals surface area contributed by atoms with Crippen LogP contribution < -0.4 is 9.64 Å². The van der Waals surface area contributed by atoms with Crippen molar-refractivity contribution < 1.29 is 18.7 Å². The largest absolute Gasteiger partial charge is 0.496 e. The number of hydrogen-bond acceptors (Lipinski definition) is 4. The summed E-state index contributed by atoms with van der Waals surface area (Å²) in [5.74, 6) is -0.221. The van der Waals surface area contributed by atoms with E-state index in [0.29, 0.717) is 30.2 Å². The quantitative estimate of drug-likeness (QED) is 0.484. The van der Waals surface area contributed by atoms with E-state index in [9.17, 15) is 14.0 Å². The van der Waals surface area contributed by atoms with Crippen LogP contribution in [0.25, 0.3) is 0 Å². The topological polar surface area (TPSA) is 81.8 Å². The number of rotatable bonds is 7. The van der Waals surface area contributed by atoms with Gasteiger partial charge in [-0.2, -0.15) is 5.10 Å². The van der Waals surface area contributed by atoms with Crippen LogP contribution in [0.5, 0.6) is 5.75 Å². The molecule has 2 saturated heterocycles. The molecule has 38 heavy (non-hydrogen) atoms. The van der Waals surface area contributed by atoms with E-state index in [1.807, 2.05) is 38.1 Å². The zero-order chi connectivity index (χ0) is 27.0. The van der Waals surface area contributed by atoms with E-state index >= 15 is 0 Å². The van der Waals surface area contributed by atoms with Crippen molar-refractivity contribution in [2.24, 2.45) is 0 Å².